The fourth-order valence-corrected chi connectivity index (χ4v) is 2.91. The van der Waals surface area contributed by atoms with E-state index in [0.717, 1.165) is 15.7 Å². The predicted octanol–water partition coefficient (Wildman–Crippen LogP) is 3.97. The van der Waals surface area contributed by atoms with Gasteiger partial charge in [0.05, 0.1) is 24.5 Å². The molecular weight excluding hydrogens is 442 g/mol. The molecule has 154 valence electrons. The summed E-state index contributed by atoms with van der Waals surface area (Å²) in [6, 6.07) is 13.0. The molecule has 1 amide bonds. The highest BCUT2D eigenvalue weighted by atomic mass is 79.9. The summed E-state index contributed by atoms with van der Waals surface area (Å²) in [4.78, 5) is 34.2. The van der Waals surface area contributed by atoms with Gasteiger partial charge in [0, 0.05) is 35.3 Å². The summed E-state index contributed by atoms with van der Waals surface area (Å²) in [5.74, 6) is -0.578. The molecule has 0 saturated carbocycles. The molecule has 0 aromatic heterocycles. The summed E-state index contributed by atoms with van der Waals surface area (Å²) in [6.45, 7) is 0.533. The van der Waals surface area contributed by atoms with Gasteiger partial charge in [-0.3, -0.25) is 19.7 Å². The molecule has 8 nitrogen and oxygen atoms in total. The third kappa shape index (κ3) is 7.53. The number of methoxy groups -OCH3 is 1. The van der Waals surface area contributed by atoms with E-state index in [1.807, 2.05) is 24.3 Å². The smallest absolute Gasteiger partial charge is 0.307 e. The zero-order valence-corrected chi connectivity index (χ0v) is 17.5. The zero-order valence-electron chi connectivity index (χ0n) is 15.9. The van der Waals surface area contributed by atoms with E-state index in [2.05, 4.69) is 26.6 Å². The minimum atomic E-state index is -0.467. The Morgan fingerprint density at radius 1 is 1.14 bits per heavy atom. The van der Waals surface area contributed by atoms with Crippen LogP contribution >= 0.6 is 15.9 Å². The molecule has 0 spiro atoms. The lowest BCUT2D eigenvalue weighted by Crippen LogP contribution is -2.30. The Labute approximate surface area is 176 Å². The number of hydrogen-bond donors (Lipinski definition) is 2. The number of nitro groups is 1. The van der Waals surface area contributed by atoms with Gasteiger partial charge in [-0.05, 0) is 36.2 Å². The zero-order chi connectivity index (χ0) is 21.2. The van der Waals surface area contributed by atoms with E-state index < -0.39 is 16.9 Å². The van der Waals surface area contributed by atoms with E-state index in [-0.39, 0.29) is 24.4 Å². The number of rotatable bonds is 10. The Morgan fingerprint density at radius 2 is 1.79 bits per heavy atom. The van der Waals surface area contributed by atoms with Crippen LogP contribution in [0.1, 0.15) is 30.9 Å². The largest absolute Gasteiger partial charge is 0.469 e. The molecule has 0 aliphatic heterocycles. The molecule has 0 bridgehead atoms. The van der Waals surface area contributed by atoms with Crippen LogP contribution in [0.2, 0.25) is 0 Å². The Kier molecular flexibility index (Phi) is 8.60. The van der Waals surface area contributed by atoms with Crippen LogP contribution in [0.25, 0.3) is 0 Å². The van der Waals surface area contributed by atoms with Gasteiger partial charge in [-0.2, -0.15) is 0 Å². The van der Waals surface area contributed by atoms with Crippen LogP contribution in [0.3, 0.4) is 0 Å². The molecule has 2 rings (SSSR count). The van der Waals surface area contributed by atoms with E-state index in [1.165, 1.54) is 19.2 Å². The van der Waals surface area contributed by atoms with Gasteiger partial charge in [0.25, 0.3) is 5.69 Å². The summed E-state index contributed by atoms with van der Waals surface area (Å²) < 4.78 is 5.63. The topological polar surface area (TPSA) is 111 Å². The number of nitrogens with zero attached hydrogens (tertiary/aromatic N) is 1. The summed E-state index contributed by atoms with van der Waals surface area (Å²) in [7, 11) is 1.31. The minimum absolute atomic E-state index is 0.0273. The molecule has 0 aliphatic rings. The van der Waals surface area contributed by atoms with Gasteiger partial charge in [0.15, 0.2) is 0 Å². The molecule has 9 heteroatoms. The number of non-ortho nitro benzene ring substituents is 1. The van der Waals surface area contributed by atoms with E-state index in [1.54, 1.807) is 12.1 Å². The standard InChI is InChI=1S/C20H22BrN3O5/c1-29-20(26)13-18(14-4-6-15(21)7-5-14)23-19(25)3-2-12-22-16-8-10-17(11-9-16)24(27)28/h4-11,18,22H,2-3,12-13H2,1H3,(H,23,25). The summed E-state index contributed by atoms with van der Waals surface area (Å²) in [6.07, 6.45) is 0.882. The Balaban J connectivity index is 1.83. The van der Waals surface area contributed by atoms with E-state index >= 15 is 0 Å². The van der Waals surface area contributed by atoms with Crippen molar-refractivity contribution in [3.63, 3.8) is 0 Å². The van der Waals surface area contributed by atoms with Gasteiger partial charge < -0.3 is 15.4 Å². The highest BCUT2D eigenvalue weighted by Crippen LogP contribution is 2.21. The quantitative estimate of drug-likeness (QED) is 0.238. The third-order valence-electron chi connectivity index (χ3n) is 4.19. The van der Waals surface area contributed by atoms with Gasteiger partial charge in [0.1, 0.15) is 0 Å². The summed E-state index contributed by atoms with van der Waals surface area (Å²) >= 11 is 3.36. The van der Waals surface area contributed by atoms with Crippen molar-refractivity contribution in [2.75, 3.05) is 19.0 Å². The number of amides is 1. The van der Waals surface area contributed by atoms with Gasteiger partial charge in [-0.1, -0.05) is 28.1 Å². The van der Waals surface area contributed by atoms with E-state index in [0.29, 0.717) is 13.0 Å². The van der Waals surface area contributed by atoms with Gasteiger partial charge in [-0.25, -0.2) is 0 Å². The second-order valence-corrected chi connectivity index (χ2v) is 7.20. The first-order chi connectivity index (χ1) is 13.9. The molecule has 0 fully saturated rings. The monoisotopic (exact) mass is 463 g/mol. The molecule has 0 aliphatic carbocycles. The van der Waals surface area contributed by atoms with Crippen molar-refractivity contribution in [3.05, 3.63) is 68.7 Å². The van der Waals surface area contributed by atoms with Crippen LogP contribution < -0.4 is 10.6 Å². The highest BCUT2D eigenvalue weighted by molar-refractivity contribution is 9.10. The van der Waals surface area contributed by atoms with Crippen molar-refractivity contribution in [3.8, 4) is 0 Å². The van der Waals surface area contributed by atoms with Crippen LogP contribution in [0.5, 0.6) is 0 Å². The Morgan fingerprint density at radius 3 is 2.38 bits per heavy atom. The molecule has 2 N–H and O–H groups in total. The van der Waals surface area contributed by atoms with E-state index in [4.69, 9.17) is 4.74 Å². The first-order valence-corrected chi connectivity index (χ1v) is 9.78. The molecule has 2 aromatic carbocycles. The highest BCUT2D eigenvalue weighted by Gasteiger charge is 2.18. The molecule has 2 aromatic rings. The Bertz CT molecular complexity index is 840. The average molecular weight is 464 g/mol. The molecule has 1 unspecified atom stereocenters. The minimum Gasteiger partial charge on any atom is -0.469 e. The molecule has 1 atom stereocenters. The lowest BCUT2D eigenvalue weighted by Gasteiger charge is -2.18. The number of carbonyl (C=O) groups excluding carboxylic acids is 2. The number of nitrogens with one attached hydrogen (secondary N) is 2. The fraction of sp³-hybridized carbons (Fsp3) is 0.300. The second kappa shape index (κ2) is 11.2. The number of esters is 1. The number of ether oxygens (including phenoxy) is 1. The predicted molar refractivity (Wildman–Crippen MR) is 112 cm³/mol. The number of carbonyl (C=O) groups is 2. The van der Waals surface area contributed by atoms with Gasteiger partial charge >= 0.3 is 5.97 Å². The van der Waals surface area contributed by atoms with Crippen LogP contribution in [0.15, 0.2) is 53.0 Å². The lowest BCUT2D eigenvalue weighted by atomic mass is 10.0. The van der Waals surface area contributed by atoms with E-state index in [9.17, 15) is 19.7 Å². The van der Waals surface area contributed by atoms with Crippen molar-refractivity contribution >= 4 is 39.2 Å². The molecule has 0 radical (unpaired) electrons. The molecular formula is C20H22BrN3O5. The number of nitro benzene ring substituents is 1. The maximum atomic E-state index is 12.3. The maximum absolute atomic E-state index is 12.3. The second-order valence-electron chi connectivity index (χ2n) is 6.29. The van der Waals surface area contributed by atoms with Crippen molar-refractivity contribution in [2.45, 2.75) is 25.3 Å². The number of hydrogen-bond acceptors (Lipinski definition) is 6. The molecule has 0 saturated heterocycles. The maximum Gasteiger partial charge on any atom is 0.307 e. The molecule has 29 heavy (non-hydrogen) atoms. The lowest BCUT2D eigenvalue weighted by molar-refractivity contribution is -0.384. The van der Waals surface area contributed by atoms with Crippen molar-refractivity contribution in [1.82, 2.24) is 5.32 Å². The number of halogens is 1. The van der Waals surface area contributed by atoms with Gasteiger partial charge in [0.2, 0.25) is 5.91 Å². The fourth-order valence-electron chi connectivity index (χ4n) is 2.65. The number of anilines is 1. The summed E-state index contributed by atoms with van der Waals surface area (Å²) in [5.41, 5.74) is 1.59. The van der Waals surface area contributed by atoms with Crippen LogP contribution in [0.4, 0.5) is 11.4 Å². The van der Waals surface area contributed by atoms with Crippen molar-refractivity contribution in [1.29, 1.82) is 0 Å². The van der Waals surface area contributed by atoms with Gasteiger partial charge in [-0.15, -0.1) is 0 Å². The molecule has 0 heterocycles. The average Bonchev–Trinajstić information content (AvgIpc) is 2.71. The SMILES string of the molecule is COC(=O)CC(NC(=O)CCCNc1ccc([N+](=O)[O-])cc1)c1ccc(Br)cc1. The van der Waals surface area contributed by atoms with Crippen LogP contribution in [-0.4, -0.2) is 30.5 Å². The summed E-state index contributed by atoms with van der Waals surface area (Å²) in [5, 5.41) is 16.6. The third-order valence-corrected chi connectivity index (χ3v) is 4.72. The number of benzene rings is 2. The normalized spacial score (nSPS) is 11.4. The van der Waals surface area contributed by atoms with Crippen molar-refractivity contribution in [2.24, 2.45) is 0 Å². The van der Waals surface area contributed by atoms with Crippen molar-refractivity contribution < 1.29 is 19.2 Å². The first-order valence-electron chi connectivity index (χ1n) is 8.99. The first kappa shape index (κ1) is 22.4. The Hall–Kier alpha value is -2.94. The van der Waals surface area contributed by atoms with Crippen LogP contribution in [-0.2, 0) is 14.3 Å². The van der Waals surface area contributed by atoms with Crippen LogP contribution in [0, 0.1) is 10.1 Å².